The van der Waals surface area contributed by atoms with Crippen molar-refractivity contribution in [3.8, 4) is 5.75 Å². The normalized spacial score (nSPS) is 15.1. The molecule has 0 saturated heterocycles. The molecule has 13 heteroatoms. The fraction of sp³-hybridized carbons (Fsp3) is 0.600. The number of rotatable bonds is 8. The molecule has 0 amide bonds. The van der Waals surface area contributed by atoms with Gasteiger partial charge in [-0.1, -0.05) is 45.9 Å². The summed E-state index contributed by atoms with van der Waals surface area (Å²) in [4.78, 5) is 0. The number of alkyl halides is 5. The lowest BCUT2D eigenvalue weighted by Gasteiger charge is -2.28. The van der Waals surface area contributed by atoms with Crippen LogP contribution in [0, 0.1) is 0 Å². The summed E-state index contributed by atoms with van der Waals surface area (Å²) in [6, 6.07) is 4.13. The van der Waals surface area contributed by atoms with Gasteiger partial charge in [0.1, 0.15) is 5.75 Å². The SMILES string of the molecule is CC(C)c1cccc(C(C)C)c1OS(=O)(=O)C(F)(F)C(F)(F)C(F)S(=O)(=O)O. The predicted octanol–water partition coefficient (Wildman–Crippen LogP) is 4.05. The Labute approximate surface area is 159 Å². The number of hydrogen-bond acceptors (Lipinski definition) is 5. The summed E-state index contributed by atoms with van der Waals surface area (Å²) < 4.78 is 126. The third-order valence-corrected chi connectivity index (χ3v) is 5.87. The molecule has 0 heterocycles. The Morgan fingerprint density at radius 3 is 1.64 bits per heavy atom. The Balaban J connectivity index is 3.59. The molecular weight excluding hydrogens is 435 g/mol. The number of halogens is 5. The summed E-state index contributed by atoms with van der Waals surface area (Å²) in [6.45, 7) is 6.23. The van der Waals surface area contributed by atoms with Crippen molar-refractivity contribution in [2.24, 2.45) is 0 Å². The van der Waals surface area contributed by atoms with Crippen LogP contribution in [0.1, 0.15) is 50.7 Å². The molecule has 0 radical (unpaired) electrons. The first-order chi connectivity index (χ1) is 12.4. The Morgan fingerprint density at radius 1 is 0.929 bits per heavy atom. The largest absolute Gasteiger partial charge is 0.447 e. The molecule has 0 aliphatic carbocycles. The number of benzene rings is 1. The van der Waals surface area contributed by atoms with E-state index in [4.69, 9.17) is 4.55 Å². The van der Waals surface area contributed by atoms with Crippen LogP contribution in [0.25, 0.3) is 0 Å². The van der Waals surface area contributed by atoms with Gasteiger partial charge in [-0.15, -0.1) is 0 Å². The second-order valence-corrected chi connectivity index (χ2v) is 9.61. The molecule has 0 aromatic heterocycles. The molecule has 28 heavy (non-hydrogen) atoms. The number of para-hydroxylation sites is 1. The highest BCUT2D eigenvalue weighted by Gasteiger charge is 2.74. The van der Waals surface area contributed by atoms with E-state index in [9.17, 15) is 38.8 Å². The lowest BCUT2D eigenvalue weighted by atomic mass is 9.94. The third kappa shape index (κ3) is 4.40. The Bertz CT molecular complexity index is 900. The minimum absolute atomic E-state index is 0.0977. The average Bonchev–Trinajstić information content (AvgIpc) is 2.52. The van der Waals surface area contributed by atoms with E-state index in [0.29, 0.717) is 0 Å². The van der Waals surface area contributed by atoms with E-state index in [-0.39, 0.29) is 11.1 Å². The molecule has 1 N–H and O–H groups in total. The van der Waals surface area contributed by atoms with Crippen LogP contribution < -0.4 is 4.18 Å². The summed E-state index contributed by atoms with van der Waals surface area (Å²) in [5.74, 6) is -7.90. The van der Waals surface area contributed by atoms with Gasteiger partial charge >= 0.3 is 31.4 Å². The Hall–Kier alpha value is -1.47. The van der Waals surface area contributed by atoms with E-state index in [1.54, 1.807) is 27.7 Å². The van der Waals surface area contributed by atoms with E-state index in [1.807, 2.05) is 0 Å². The van der Waals surface area contributed by atoms with E-state index in [1.165, 1.54) is 18.2 Å². The van der Waals surface area contributed by atoms with Crippen LogP contribution in [0.4, 0.5) is 22.0 Å². The fourth-order valence-corrected chi connectivity index (χ4v) is 3.78. The van der Waals surface area contributed by atoms with Gasteiger partial charge < -0.3 is 4.18 Å². The van der Waals surface area contributed by atoms with Crippen LogP contribution in [0.15, 0.2) is 18.2 Å². The van der Waals surface area contributed by atoms with Crippen LogP contribution >= 0.6 is 0 Å². The monoisotopic (exact) mass is 454 g/mol. The first kappa shape index (κ1) is 24.6. The van der Waals surface area contributed by atoms with E-state index in [0.717, 1.165) is 0 Å². The van der Waals surface area contributed by atoms with Crippen molar-refractivity contribution in [2.75, 3.05) is 0 Å². The van der Waals surface area contributed by atoms with Crippen molar-refractivity contribution in [3.63, 3.8) is 0 Å². The van der Waals surface area contributed by atoms with Gasteiger partial charge in [0.05, 0.1) is 0 Å². The maximum atomic E-state index is 14.0. The van der Waals surface area contributed by atoms with Gasteiger partial charge in [-0.2, -0.15) is 34.4 Å². The minimum atomic E-state index is -6.59. The highest BCUT2D eigenvalue weighted by Crippen LogP contribution is 2.46. The van der Waals surface area contributed by atoms with Crippen LogP contribution in [0.5, 0.6) is 5.75 Å². The van der Waals surface area contributed by atoms with Crippen molar-refractivity contribution < 1.29 is 47.5 Å². The Kier molecular flexibility index (Phi) is 6.80. The molecule has 0 saturated carbocycles. The van der Waals surface area contributed by atoms with Crippen LogP contribution in [-0.2, 0) is 20.2 Å². The number of hydrogen-bond donors (Lipinski definition) is 1. The fourth-order valence-electron chi connectivity index (χ4n) is 2.23. The molecule has 1 rings (SSSR count). The van der Waals surface area contributed by atoms with Crippen molar-refractivity contribution >= 4 is 20.2 Å². The van der Waals surface area contributed by atoms with Crippen LogP contribution in [-0.4, -0.2) is 38.1 Å². The molecule has 0 aliphatic heterocycles. The lowest BCUT2D eigenvalue weighted by Crippen LogP contribution is -2.56. The topological polar surface area (TPSA) is 97.7 Å². The third-order valence-electron chi connectivity index (χ3n) is 3.76. The molecular formula is C15H19F5O6S2. The van der Waals surface area contributed by atoms with Crippen LogP contribution in [0.3, 0.4) is 0 Å². The zero-order valence-corrected chi connectivity index (χ0v) is 16.8. The molecule has 162 valence electrons. The molecule has 1 unspecified atom stereocenters. The highest BCUT2D eigenvalue weighted by molar-refractivity contribution is 7.88. The van der Waals surface area contributed by atoms with Crippen LogP contribution in [0.2, 0.25) is 0 Å². The zero-order chi connectivity index (χ0) is 22.3. The minimum Gasteiger partial charge on any atom is -0.377 e. The average molecular weight is 454 g/mol. The van der Waals surface area contributed by atoms with Gasteiger partial charge in [-0.25, -0.2) is 4.39 Å². The van der Waals surface area contributed by atoms with E-state index < -0.39 is 54.5 Å². The summed E-state index contributed by atoms with van der Waals surface area (Å²) in [6.07, 6.45) is 0. The van der Waals surface area contributed by atoms with Crippen molar-refractivity contribution in [3.05, 3.63) is 29.3 Å². The second kappa shape index (κ2) is 7.75. The first-order valence-corrected chi connectivity index (χ1v) is 10.7. The van der Waals surface area contributed by atoms with Crippen molar-refractivity contribution in [1.82, 2.24) is 0 Å². The predicted molar refractivity (Wildman–Crippen MR) is 90.5 cm³/mol. The van der Waals surface area contributed by atoms with Gasteiger partial charge in [0, 0.05) is 0 Å². The molecule has 1 aromatic carbocycles. The molecule has 0 fully saturated rings. The maximum Gasteiger partial charge on any atom is 0.447 e. The summed E-state index contributed by atoms with van der Waals surface area (Å²) in [5, 5.41) is -6.31. The highest BCUT2D eigenvalue weighted by atomic mass is 32.2. The zero-order valence-electron chi connectivity index (χ0n) is 15.2. The standard InChI is InChI=1S/C15H19F5O6S2/c1-8(2)10-6-5-7-11(9(3)4)12(10)26-28(24,25)15(19,20)14(17,18)13(16)27(21,22)23/h5-9,13H,1-4H3,(H,21,22,23). The van der Waals surface area contributed by atoms with Gasteiger partial charge in [-0.05, 0) is 23.0 Å². The molecule has 1 aromatic rings. The first-order valence-electron chi connectivity index (χ1n) is 7.80. The Morgan fingerprint density at radius 2 is 1.32 bits per heavy atom. The molecule has 6 nitrogen and oxygen atoms in total. The molecule has 0 aliphatic rings. The second-order valence-electron chi connectivity index (χ2n) is 6.58. The van der Waals surface area contributed by atoms with E-state index >= 15 is 0 Å². The smallest absolute Gasteiger partial charge is 0.377 e. The molecule has 1 atom stereocenters. The van der Waals surface area contributed by atoms with Gasteiger partial charge in [-0.3, -0.25) is 4.55 Å². The summed E-state index contributed by atoms with van der Waals surface area (Å²) in [5.41, 5.74) is -4.70. The van der Waals surface area contributed by atoms with Gasteiger partial charge in [0.2, 0.25) is 0 Å². The molecule has 0 spiro atoms. The molecule has 0 bridgehead atoms. The van der Waals surface area contributed by atoms with Gasteiger partial charge in [0.15, 0.2) is 0 Å². The maximum absolute atomic E-state index is 14.0. The van der Waals surface area contributed by atoms with Crippen molar-refractivity contribution in [1.29, 1.82) is 0 Å². The van der Waals surface area contributed by atoms with Crippen molar-refractivity contribution in [2.45, 2.75) is 56.2 Å². The quantitative estimate of drug-likeness (QED) is 0.362. The lowest BCUT2D eigenvalue weighted by molar-refractivity contribution is -0.179. The van der Waals surface area contributed by atoms with Gasteiger partial charge in [0.25, 0.3) is 5.50 Å². The van der Waals surface area contributed by atoms with E-state index in [2.05, 4.69) is 4.18 Å². The summed E-state index contributed by atoms with van der Waals surface area (Å²) >= 11 is 0. The summed E-state index contributed by atoms with van der Waals surface area (Å²) in [7, 11) is -12.9.